The highest BCUT2D eigenvalue weighted by Crippen LogP contribution is 2.27. The minimum absolute atomic E-state index is 0.147. The highest BCUT2D eigenvalue weighted by molar-refractivity contribution is 8.14. The SMILES string of the molecule is CCCCCCCCCCCCCCCCCCSC(=O)Nc1cc(-n2c(=O)n(-c3ccc(C)c(NC(=O)SCCCCCCCCCCCCCCCCCC)c3)c(=O)n(-c3ccc(C)c(NC(=O)SCCCCCCCCCCCCCCCCCC)c3)c2=O)ccc1C. The quantitative estimate of drug-likeness (QED) is 0.0367. The fourth-order valence-electron chi connectivity index (χ4n) is 12.7. The van der Waals surface area contributed by atoms with Gasteiger partial charge in [-0.05, 0) is 93.1 Å². The van der Waals surface area contributed by atoms with Crippen LogP contribution in [0.25, 0.3) is 17.1 Å². The van der Waals surface area contributed by atoms with Crippen LogP contribution in [0.2, 0.25) is 0 Å². The lowest BCUT2D eigenvalue weighted by Crippen LogP contribution is -2.52. The molecule has 0 unspecified atom stereocenters. The van der Waals surface area contributed by atoms with Gasteiger partial charge >= 0.3 is 17.1 Å². The maximum atomic E-state index is 15.0. The van der Waals surface area contributed by atoms with Crippen molar-refractivity contribution >= 4 is 68.1 Å². The van der Waals surface area contributed by atoms with E-state index in [1.165, 1.54) is 286 Å². The highest BCUT2D eigenvalue weighted by Gasteiger charge is 2.23. The number of carbonyl (C=O) groups excluding carboxylic acids is 3. The van der Waals surface area contributed by atoms with E-state index in [-0.39, 0.29) is 32.8 Å². The van der Waals surface area contributed by atoms with Crippen LogP contribution in [0.3, 0.4) is 0 Å². The van der Waals surface area contributed by atoms with E-state index >= 15 is 14.4 Å². The van der Waals surface area contributed by atoms with Gasteiger partial charge in [0.2, 0.25) is 0 Å². The number of aryl methyl sites for hydroxylation is 3. The Balaban J connectivity index is 1.41. The minimum atomic E-state index is -0.926. The van der Waals surface area contributed by atoms with Gasteiger partial charge in [0.25, 0.3) is 15.7 Å². The molecule has 0 aliphatic heterocycles. The number of nitrogens with zero attached hydrogens (tertiary/aromatic N) is 3. The fourth-order valence-corrected chi connectivity index (χ4v) is 14.9. The van der Waals surface area contributed by atoms with E-state index in [0.717, 1.165) is 88.2 Å². The molecule has 540 valence electrons. The molecule has 0 radical (unpaired) electrons. The van der Waals surface area contributed by atoms with E-state index in [2.05, 4.69) is 36.7 Å². The largest absolute Gasteiger partial charge is 0.345 e. The Bertz CT molecular complexity index is 2600. The third-order valence-corrected chi connectivity index (χ3v) is 21.6. The second kappa shape index (κ2) is 54.4. The zero-order valence-corrected chi connectivity index (χ0v) is 63.7. The predicted molar refractivity (Wildman–Crippen MR) is 421 cm³/mol. The average Bonchev–Trinajstić information content (AvgIpc) is 0.746. The van der Waals surface area contributed by atoms with Gasteiger partial charge in [0, 0.05) is 34.3 Å². The number of rotatable bonds is 57. The Morgan fingerprint density at radius 2 is 0.438 bits per heavy atom. The molecule has 1 heterocycles. The summed E-state index contributed by atoms with van der Waals surface area (Å²) in [4.78, 5) is 85.6. The molecule has 0 aliphatic carbocycles. The molecular weight excluding hydrogens is 1250 g/mol. The van der Waals surface area contributed by atoms with E-state index in [1.54, 1.807) is 54.6 Å². The number of aromatic nitrogens is 3. The van der Waals surface area contributed by atoms with Gasteiger partial charge in [0.05, 0.1) is 17.1 Å². The molecule has 3 aromatic carbocycles. The summed E-state index contributed by atoms with van der Waals surface area (Å²) in [6.07, 6.45) is 61.6. The van der Waals surface area contributed by atoms with Crippen molar-refractivity contribution in [2.24, 2.45) is 0 Å². The summed E-state index contributed by atoms with van der Waals surface area (Å²) in [5.74, 6) is 2.02. The summed E-state index contributed by atoms with van der Waals surface area (Å²) >= 11 is 3.67. The Morgan fingerprint density at radius 3 is 0.615 bits per heavy atom. The molecule has 0 saturated carbocycles. The summed E-state index contributed by atoms with van der Waals surface area (Å²) in [6, 6.07) is 14.9. The van der Waals surface area contributed by atoms with Gasteiger partial charge in [0.1, 0.15) is 0 Å². The van der Waals surface area contributed by atoms with Gasteiger partial charge in [-0.2, -0.15) is 0 Å². The van der Waals surface area contributed by atoms with Gasteiger partial charge in [-0.1, -0.05) is 363 Å². The van der Waals surface area contributed by atoms with Crippen molar-refractivity contribution in [2.45, 2.75) is 350 Å². The van der Waals surface area contributed by atoms with Crippen LogP contribution in [0.15, 0.2) is 69.0 Å². The number of anilines is 3. The normalized spacial score (nSPS) is 11.4. The molecule has 96 heavy (non-hydrogen) atoms. The third kappa shape index (κ3) is 36.0. The van der Waals surface area contributed by atoms with Crippen LogP contribution < -0.4 is 33.0 Å². The average molecular weight is 1380 g/mol. The van der Waals surface area contributed by atoms with Crippen LogP contribution in [-0.2, 0) is 0 Å². The van der Waals surface area contributed by atoms with Gasteiger partial charge in [0.15, 0.2) is 0 Å². The lowest BCUT2D eigenvalue weighted by atomic mass is 10.0. The van der Waals surface area contributed by atoms with Crippen molar-refractivity contribution in [3.8, 4) is 17.1 Å². The zero-order chi connectivity index (χ0) is 69.1. The second-order valence-corrected chi connectivity index (χ2v) is 30.7. The smallest absolute Gasteiger partial charge is 0.317 e. The first kappa shape index (κ1) is 83.9. The number of amides is 3. The summed E-state index contributed by atoms with van der Waals surface area (Å²) in [5, 5.41) is 8.35. The van der Waals surface area contributed by atoms with Crippen LogP contribution in [0, 0.1) is 20.8 Å². The lowest BCUT2D eigenvalue weighted by Gasteiger charge is -2.18. The lowest BCUT2D eigenvalue weighted by molar-refractivity contribution is 0.269. The van der Waals surface area contributed by atoms with Crippen molar-refractivity contribution in [3.63, 3.8) is 0 Å². The Hall–Kier alpha value is -4.47. The molecular formula is C81H132N6O6S3. The van der Waals surface area contributed by atoms with Crippen LogP contribution >= 0.6 is 35.3 Å². The monoisotopic (exact) mass is 1380 g/mol. The molecule has 3 amide bonds. The maximum absolute atomic E-state index is 15.0. The van der Waals surface area contributed by atoms with Crippen molar-refractivity contribution in [3.05, 3.63) is 103 Å². The number of carbonyl (C=O) groups is 3. The van der Waals surface area contributed by atoms with Gasteiger partial charge < -0.3 is 16.0 Å². The molecule has 0 atom stereocenters. The van der Waals surface area contributed by atoms with Crippen molar-refractivity contribution in [2.75, 3.05) is 33.2 Å². The number of hydrogen-bond acceptors (Lipinski definition) is 9. The predicted octanol–water partition coefficient (Wildman–Crippen LogP) is 25.6. The first-order chi connectivity index (χ1) is 46.9. The number of benzene rings is 3. The Morgan fingerprint density at radius 1 is 0.271 bits per heavy atom. The van der Waals surface area contributed by atoms with E-state index < -0.39 is 17.1 Å². The molecule has 0 fully saturated rings. The van der Waals surface area contributed by atoms with Gasteiger partial charge in [-0.15, -0.1) is 0 Å². The van der Waals surface area contributed by atoms with Crippen LogP contribution in [0.5, 0.6) is 0 Å². The van der Waals surface area contributed by atoms with Crippen LogP contribution in [-0.4, -0.2) is 46.7 Å². The second-order valence-electron chi connectivity index (χ2n) is 27.5. The fraction of sp³-hybridized carbons (Fsp3) is 0.704. The molecule has 4 aromatic rings. The minimum Gasteiger partial charge on any atom is -0.317 e. The molecule has 0 bridgehead atoms. The van der Waals surface area contributed by atoms with Gasteiger partial charge in [-0.3, -0.25) is 14.4 Å². The van der Waals surface area contributed by atoms with Crippen molar-refractivity contribution in [1.29, 1.82) is 0 Å². The maximum Gasteiger partial charge on any atom is 0.345 e. The summed E-state index contributed by atoms with van der Waals surface area (Å²) in [7, 11) is 0. The van der Waals surface area contributed by atoms with E-state index in [9.17, 15) is 14.4 Å². The Labute approximate surface area is 595 Å². The molecule has 0 spiro atoms. The molecule has 1 aromatic heterocycles. The van der Waals surface area contributed by atoms with E-state index in [0.29, 0.717) is 34.3 Å². The topological polar surface area (TPSA) is 153 Å². The van der Waals surface area contributed by atoms with Gasteiger partial charge in [-0.25, -0.2) is 28.1 Å². The molecule has 12 nitrogen and oxygen atoms in total. The summed E-state index contributed by atoms with van der Waals surface area (Å²) in [6.45, 7) is 12.4. The number of hydrogen-bond donors (Lipinski definition) is 3. The van der Waals surface area contributed by atoms with Crippen LogP contribution in [0.4, 0.5) is 31.4 Å². The first-order valence-corrected chi connectivity index (χ1v) is 42.0. The molecule has 0 saturated heterocycles. The number of thioether (sulfide) groups is 3. The van der Waals surface area contributed by atoms with E-state index in [4.69, 9.17) is 0 Å². The highest BCUT2D eigenvalue weighted by atomic mass is 32.2. The summed E-state index contributed by atoms with van der Waals surface area (Å²) in [5.41, 5.74) is 1.16. The van der Waals surface area contributed by atoms with Crippen molar-refractivity contribution in [1.82, 2.24) is 13.7 Å². The zero-order valence-electron chi connectivity index (χ0n) is 61.3. The third-order valence-electron chi connectivity index (χ3n) is 19.0. The Kier molecular flexibility index (Phi) is 47.5. The first-order valence-electron chi connectivity index (χ1n) is 39.1. The standard InChI is InChI=1S/C81H132N6O6S3/c1-7-10-13-16-19-22-25-28-31-34-37-40-43-46-49-52-61-94-76(88)82-73-64-70(58-55-67(73)4)85-79(91)86(71-59-56-68(5)74(65-71)83-77(89)95-62-53-50-47-44-41-38-35-32-29-26-23-20-17-14-11-8-2)81(93)87(80(85)92)72-60-57-69(6)75(66-72)84-78(90)96-63-54-51-48-45-42-39-36-33-30-27-24-21-18-15-12-9-3/h55-60,64-66H,7-54,61-63H2,1-6H3,(H,82,88)(H,83,89)(H,84,90). The van der Waals surface area contributed by atoms with E-state index in [1.807, 2.05) is 20.8 Å². The number of unbranched alkanes of at least 4 members (excludes halogenated alkanes) is 45. The molecule has 15 heteroatoms. The van der Waals surface area contributed by atoms with Crippen LogP contribution in [0.1, 0.15) is 346 Å². The molecule has 0 aliphatic rings. The summed E-state index contributed by atoms with van der Waals surface area (Å²) < 4.78 is 2.83. The number of nitrogens with one attached hydrogen (secondary N) is 3. The molecule has 3 N–H and O–H groups in total. The van der Waals surface area contributed by atoms with Crippen molar-refractivity contribution < 1.29 is 14.4 Å². The molecule has 4 rings (SSSR count).